The molecule has 2 unspecified atom stereocenters. The second-order valence-corrected chi connectivity index (χ2v) is 11.2. The molecule has 1 aromatic carbocycles. The molecule has 3 aromatic rings. The first-order valence-corrected chi connectivity index (χ1v) is 14.2. The molecule has 1 aliphatic carbocycles. The van der Waals surface area contributed by atoms with E-state index in [-0.39, 0.29) is 17.6 Å². The molecule has 6 atom stereocenters. The summed E-state index contributed by atoms with van der Waals surface area (Å²) in [6.45, 7) is 2.11. The number of anilines is 2. The van der Waals surface area contributed by atoms with Gasteiger partial charge >= 0.3 is 14.1 Å². The highest BCUT2D eigenvalue weighted by molar-refractivity contribution is 7.36. The largest absolute Gasteiger partial charge is 0.653 e. The van der Waals surface area contributed by atoms with E-state index in [2.05, 4.69) is 20.3 Å². The van der Waals surface area contributed by atoms with Gasteiger partial charge in [-0.25, -0.2) is 9.37 Å². The van der Waals surface area contributed by atoms with Crippen molar-refractivity contribution in [2.75, 3.05) is 24.8 Å². The number of nitrogen functional groups attached to an aromatic ring is 1. The number of fused-ring (bicyclic) bond motifs is 1. The van der Waals surface area contributed by atoms with Crippen molar-refractivity contribution in [1.29, 1.82) is 0 Å². The summed E-state index contributed by atoms with van der Waals surface area (Å²) in [5, 5.41) is 14.1. The number of imidazole rings is 1. The topological polar surface area (TPSA) is 176 Å². The Bertz CT molecular complexity index is 1410. The first-order valence-electron chi connectivity index (χ1n) is 13.1. The van der Waals surface area contributed by atoms with Gasteiger partial charge in [0.2, 0.25) is 5.95 Å². The molecule has 2 aromatic heterocycles. The molecule has 4 N–H and O–H groups in total. The first kappa shape index (κ1) is 29.0. The van der Waals surface area contributed by atoms with Gasteiger partial charge in [0.05, 0.1) is 13.4 Å². The van der Waals surface area contributed by atoms with E-state index in [1.807, 2.05) is 0 Å². The number of benzene rings is 1. The third kappa shape index (κ3) is 5.81. The Labute approximate surface area is 235 Å². The first-order chi connectivity index (χ1) is 19.6. The fourth-order valence-corrected chi connectivity index (χ4v) is 5.53. The van der Waals surface area contributed by atoms with Crippen molar-refractivity contribution in [3.63, 3.8) is 0 Å². The maximum atomic E-state index is 16.0. The van der Waals surface area contributed by atoms with Gasteiger partial charge in [0.15, 0.2) is 40.7 Å². The molecule has 0 radical (unpaired) electrons. The van der Waals surface area contributed by atoms with Crippen LogP contribution in [0.25, 0.3) is 11.2 Å². The van der Waals surface area contributed by atoms with Crippen molar-refractivity contribution >= 4 is 37.1 Å². The number of halogens is 1. The summed E-state index contributed by atoms with van der Waals surface area (Å²) in [5.41, 5.74) is 4.22. The SMILES string of the molecule is COC(=O)C(C)N(Oc1ccccc1)[P+](=O)OC[C@H]1O[C@@H](n2cnc3c(NC4CCC4)nc(N)nc32)[C@](C)(F)[C@@H]1O. The molecule has 0 amide bonds. The summed E-state index contributed by atoms with van der Waals surface area (Å²) in [4.78, 5) is 31.5. The monoisotopic (exact) mass is 592 g/mol. The number of methoxy groups -OCH3 is 1. The summed E-state index contributed by atoms with van der Waals surface area (Å²) in [7, 11) is -1.65. The number of carbonyl (C=O) groups is 1. The van der Waals surface area contributed by atoms with Gasteiger partial charge in [0.25, 0.3) is 0 Å². The maximum absolute atomic E-state index is 16.0. The molecule has 1 aliphatic heterocycles. The number of aromatic nitrogens is 4. The van der Waals surface area contributed by atoms with Gasteiger partial charge in [-0.15, -0.1) is 4.52 Å². The number of nitrogens with one attached hydrogen (secondary N) is 1. The van der Waals surface area contributed by atoms with E-state index in [1.54, 1.807) is 30.3 Å². The summed E-state index contributed by atoms with van der Waals surface area (Å²) in [6.07, 6.45) is 0.136. The number of nitrogens with zero attached hydrogens (tertiary/aromatic N) is 5. The van der Waals surface area contributed by atoms with Crippen LogP contribution < -0.4 is 15.9 Å². The average Bonchev–Trinajstić information content (AvgIpc) is 3.45. The zero-order valence-corrected chi connectivity index (χ0v) is 23.6. The van der Waals surface area contributed by atoms with Crippen LogP contribution in [0.15, 0.2) is 36.7 Å². The minimum atomic E-state index is -2.83. The second kappa shape index (κ2) is 11.8. The number of hydrogen-bond donors (Lipinski definition) is 3. The summed E-state index contributed by atoms with van der Waals surface area (Å²) >= 11 is 0. The Balaban J connectivity index is 1.33. The van der Waals surface area contributed by atoms with Gasteiger partial charge in [-0.3, -0.25) is 9.36 Å². The van der Waals surface area contributed by atoms with Crippen LogP contribution in [-0.2, 0) is 23.4 Å². The van der Waals surface area contributed by atoms with Crippen molar-refractivity contribution in [1.82, 2.24) is 24.4 Å². The Morgan fingerprint density at radius 2 is 2.10 bits per heavy atom. The maximum Gasteiger partial charge on any atom is 0.653 e. The van der Waals surface area contributed by atoms with Crippen molar-refractivity contribution in [2.24, 2.45) is 0 Å². The molecule has 3 heterocycles. The summed E-state index contributed by atoms with van der Waals surface area (Å²) < 4.78 is 46.6. The number of alkyl halides is 1. The average molecular weight is 593 g/mol. The van der Waals surface area contributed by atoms with E-state index in [9.17, 15) is 14.5 Å². The Hall–Kier alpha value is -3.49. The number of esters is 1. The van der Waals surface area contributed by atoms with Crippen LogP contribution in [0.4, 0.5) is 16.2 Å². The number of aliphatic hydroxyl groups excluding tert-OH is 1. The van der Waals surface area contributed by atoms with Crippen LogP contribution in [0.5, 0.6) is 5.75 Å². The van der Waals surface area contributed by atoms with Crippen molar-refractivity contribution in [3.8, 4) is 5.75 Å². The van der Waals surface area contributed by atoms with Gasteiger partial charge < -0.3 is 30.5 Å². The fraction of sp³-hybridized carbons (Fsp3) is 0.520. The molecule has 41 heavy (non-hydrogen) atoms. The number of ether oxygens (including phenoxy) is 2. The molecule has 16 heteroatoms. The lowest BCUT2D eigenvalue weighted by atomic mass is 9.93. The Morgan fingerprint density at radius 3 is 2.76 bits per heavy atom. The Morgan fingerprint density at radius 1 is 1.37 bits per heavy atom. The van der Waals surface area contributed by atoms with E-state index < -0.39 is 50.9 Å². The van der Waals surface area contributed by atoms with E-state index in [4.69, 9.17) is 24.6 Å². The van der Waals surface area contributed by atoms with Gasteiger partial charge in [-0.1, -0.05) is 18.2 Å². The van der Waals surface area contributed by atoms with Crippen molar-refractivity contribution in [3.05, 3.63) is 36.7 Å². The second-order valence-electron chi connectivity index (χ2n) is 10.1. The van der Waals surface area contributed by atoms with Crippen LogP contribution in [-0.4, -0.2) is 79.1 Å². The normalized spacial score (nSPS) is 25.6. The van der Waals surface area contributed by atoms with Crippen LogP contribution >= 0.6 is 8.18 Å². The molecule has 0 bridgehead atoms. The number of rotatable bonds is 11. The van der Waals surface area contributed by atoms with Gasteiger partial charge in [0, 0.05) is 6.04 Å². The minimum Gasteiger partial charge on any atom is -0.468 e. The zero-order valence-electron chi connectivity index (χ0n) is 22.7. The fourth-order valence-electron chi connectivity index (χ4n) is 4.60. The third-order valence-electron chi connectivity index (χ3n) is 7.18. The Kier molecular flexibility index (Phi) is 8.34. The smallest absolute Gasteiger partial charge is 0.468 e. The third-order valence-corrected chi connectivity index (χ3v) is 8.30. The highest BCUT2D eigenvalue weighted by atomic mass is 31.1. The lowest BCUT2D eigenvalue weighted by molar-refractivity contribution is -0.152. The van der Waals surface area contributed by atoms with Gasteiger partial charge in [-0.05, 0) is 49.8 Å². The molecule has 0 spiro atoms. The standard InChI is InChI=1S/C25H32FN7O7P/c1-14(22(35)37-3)33(40-16-10-5-4-6-11-16)41(36)38-12-17-19(34)25(2,26)23(39-17)32-13-28-18-20(29-15-8-7-9-15)30-24(27)31-21(18)32/h4-6,10-11,13-15,17,19,23,34H,7-9,12H2,1-3H3,(H3,27,29,30,31)/q+1/t14?,17-,19-,23-,25-/m1/s1. The molecule has 5 rings (SSSR count). The van der Waals surface area contributed by atoms with Crippen molar-refractivity contribution < 1.29 is 37.7 Å². The molecule has 2 aliphatic rings. The highest BCUT2D eigenvalue weighted by Gasteiger charge is 2.56. The molecule has 2 fully saturated rings. The van der Waals surface area contributed by atoms with Crippen LogP contribution in [0.2, 0.25) is 0 Å². The molecule has 1 saturated carbocycles. The highest BCUT2D eigenvalue weighted by Crippen LogP contribution is 2.44. The molecule has 14 nitrogen and oxygen atoms in total. The van der Waals surface area contributed by atoms with Crippen LogP contribution in [0.1, 0.15) is 39.3 Å². The number of hydrogen-bond acceptors (Lipinski definition) is 12. The van der Waals surface area contributed by atoms with Crippen LogP contribution in [0, 0.1) is 0 Å². The lowest BCUT2D eigenvalue weighted by Gasteiger charge is -2.27. The minimum absolute atomic E-state index is 0.0321. The van der Waals surface area contributed by atoms with Crippen molar-refractivity contribution in [2.45, 2.75) is 69.3 Å². The van der Waals surface area contributed by atoms with E-state index >= 15 is 4.39 Å². The number of carbonyl (C=O) groups excluding carboxylic acids is 1. The molecular weight excluding hydrogens is 560 g/mol. The number of aliphatic hydroxyl groups is 1. The lowest BCUT2D eigenvalue weighted by Crippen LogP contribution is -2.41. The quantitative estimate of drug-likeness (QED) is 0.168. The molecule has 220 valence electrons. The summed E-state index contributed by atoms with van der Waals surface area (Å²) in [5.74, 6) is -0.0236. The predicted molar refractivity (Wildman–Crippen MR) is 144 cm³/mol. The van der Waals surface area contributed by atoms with E-state index in [1.165, 1.54) is 31.9 Å². The van der Waals surface area contributed by atoms with Crippen LogP contribution in [0.3, 0.4) is 0 Å². The van der Waals surface area contributed by atoms with Gasteiger partial charge in [-0.2, -0.15) is 9.97 Å². The number of nitrogens with two attached hydrogens (primary N) is 1. The summed E-state index contributed by atoms with van der Waals surface area (Å²) in [6, 6.07) is 7.46. The molecular formula is C25H32FN7O7P+. The molecule has 1 saturated heterocycles. The van der Waals surface area contributed by atoms with Gasteiger partial charge in [0.1, 0.15) is 23.6 Å². The number of hydroxylamine groups is 1. The van der Waals surface area contributed by atoms with E-state index in [0.717, 1.165) is 24.1 Å². The predicted octanol–water partition coefficient (Wildman–Crippen LogP) is 2.89. The van der Waals surface area contributed by atoms with E-state index in [0.29, 0.717) is 17.1 Å². The zero-order chi connectivity index (χ0) is 29.3. The number of para-hydroxylation sites is 1.